The monoisotopic (exact) mass is 410 g/mol. The molecular weight excluding hydrogens is 388 g/mol. The number of rotatable bonds is 5. The molecule has 154 valence electrons. The first-order chi connectivity index (χ1) is 15.2. The number of aromatic nitrogens is 1. The molecule has 1 unspecified atom stereocenters. The summed E-state index contributed by atoms with van der Waals surface area (Å²) in [5.74, 6) is 1.04. The molecule has 1 atom stereocenters. The molecule has 0 spiro atoms. The van der Waals surface area contributed by atoms with E-state index in [4.69, 9.17) is 4.99 Å². The van der Waals surface area contributed by atoms with Crippen LogP contribution in [-0.2, 0) is 17.6 Å². The lowest BCUT2D eigenvalue weighted by Crippen LogP contribution is -2.36. The fourth-order valence-electron chi connectivity index (χ4n) is 4.02. The fraction of sp³-hybridized carbons (Fsp3) is 0.160. The highest BCUT2D eigenvalue weighted by Gasteiger charge is 2.39. The predicted molar refractivity (Wildman–Crippen MR) is 118 cm³/mol. The van der Waals surface area contributed by atoms with E-state index in [1.54, 1.807) is 24.5 Å². The minimum Gasteiger partial charge on any atom is -0.508 e. The SMILES string of the molecule is O=C1C(Cc2ccc(O)cc2)NC2=C(Cc3ccccc3)N=C(c3ccncc3)CN12. The minimum absolute atomic E-state index is 0.0371. The van der Waals surface area contributed by atoms with Crippen molar-refractivity contribution in [2.75, 3.05) is 6.54 Å². The van der Waals surface area contributed by atoms with Gasteiger partial charge < -0.3 is 10.4 Å². The van der Waals surface area contributed by atoms with Crippen LogP contribution in [0.5, 0.6) is 5.75 Å². The number of aromatic hydroxyl groups is 1. The average Bonchev–Trinajstić information content (AvgIpc) is 3.12. The largest absolute Gasteiger partial charge is 0.508 e. The molecule has 6 nitrogen and oxygen atoms in total. The van der Waals surface area contributed by atoms with Gasteiger partial charge in [0.1, 0.15) is 17.6 Å². The van der Waals surface area contributed by atoms with Gasteiger partial charge in [0.05, 0.1) is 18.0 Å². The van der Waals surface area contributed by atoms with E-state index in [-0.39, 0.29) is 17.7 Å². The molecule has 2 aliphatic rings. The van der Waals surface area contributed by atoms with Crippen LogP contribution in [-0.4, -0.2) is 39.2 Å². The predicted octanol–water partition coefficient (Wildman–Crippen LogP) is 3.04. The highest BCUT2D eigenvalue weighted by Crippen LogP contribution is 2.28. The van der Waals surface area contributed by atoms with E-state index >= 15 is 0 Å². The normalized spacial score (nSPS) is 17.9. The van der Waals surface area contributed by atoms with Gasteiger partial charge in [-0.15, -0.1) is 0 Å². The van der Waals surface area contributed by atoms with Gasteiger partial charge in [-0.1, -0.05) is 42.5 Å². The summed E-state index contributed by atoms with van der Waals surface area (Å²) in [7, 11) is 0. The third-order valence-corrected chi connectivity index (χ3v) is 5.60. The number of benzene rings is 2. The van der Waals surface area contributed by atoms with Crippen LogP contribution in [0.25, 0.3) is 0 Å². The van der Waals surface area contributed by atoms with Crippen LogP contribution in [0, 0.1) is 0 Å². The van der Waals surface area contributed by atoms with E-state index in [1.807, 2.05) is 47.4 Å². The molecule has 1 fully saturated rings. The van der Waals surface area contributed by atoms with Crippen molar-refractivity contribution in [2.24, 2.45) is 4.99 Å². The smallest absolute Gasteiger partial charge is 0.251 e. The highest BCUT2D eigenvalue weighted by molar-refractivity contribution is 6.06. The lowest BCUT2D eigenvalue weighted by molar-refractivity contribution is -0.127. The van der Waals surface area contributed by atoms with E-state index in [9.17, 15) is 9.90 Å². The Bertz CT molecular complexity index is 1160. The molecule has 3 aromatic rings. The van der Waals surface area contributed by atoms with Gasteiger partial charge in [-0.25, -0.2) is 0 Å². The zero-order valence-corrected chi connectivity index (χ0v) is 16.9. The third kappa shape index (κ3) is 3.92. The zero-order valence-electron chi connectivity index (χ0n) is 16.9. The van der Waals surface area contributed by atoms with Crippen LogP contribution in [0.15, 0.2) is 95.6 Å². The molecule has 1 saturated heterocycles. The molecule has 2 N–H and O–H groups in total. The Hall–Kier alpha value is -3.93. The summed E-state index contributed by atoms with van der Waals surface area (Å²) >= 11 is 0. The van der Waals surface area contributed by atoms with Gasteiger partial charge in [0.2, 0.25) is 0 Å². The van der Waals surface area contributed by atoms with Crippen LogP contribution < -0.4 is 5.32 Å². The number of phenolic OH excluding ortho intramolecular Hbond substituents is 1. The van der Waals surface area contributed by atoms with E-state index < -0.39 is 0 Å². The highest BCUT2D eigenvalue weighted by atomic mass is 16.3. The molecular formula is C25H22N4O2. The van der Waals surface area contributed by atoms with Crippen LogP contribution in [0.2, 0.25) is 0 Å². The number of amides is 1. The Balaban J connectivity index is 1.48. The number of hydrogen-bond acceptors (Lipinski definition) is 5. The summed E-state index contributed by atoms with van der Waals surface area (Å²) in [5.41, 5.74) is 4.81. The Kier molecular flexibility index (Phi) is 4.96. The van der Waals surface area contributed by atoms with Gasteiger partial charge >= 0.3 is 0 Å². The van der Waals surface area contributed by atoms with Crippen molar-refractivity contribution >= 4 is 11.6 Å². The van der Waals surface area contributed by atoms with Crippen molar-refractivity contribution < 1.29 is 9.90 Å². The van der Waals surface area contributed by atoms with E-state index in [1.165, 1.54) is 0 Å². The Morgan fingerprint density at radius 3 is 2.45 bits per heavy atom. The first kappa shape index (κ1) is 19.1. The van der Waals surface area contributed by atoms with E-state index in [2.05, 4.69) is 22.4 Å². The molecule has 0 aliphatic carbocycles. The minimum atomic E-state index is -0.364. The molecule has 31 heavy (non-hydrogen) atoms. The molecule has 6 heteroatoms. The summed E-state index contributed by atoms with van der Waals surface area (Å²) in [4.78, 5) is 24.2. The Labute approximate surface area is 180 Å². The molecule has 2 aliphatic heterocycles. The summed E-state index contributed by atoms with van der Waals surface area (Å²) in [6.07, 6.45) is 4.66. The second-order valence-electron chi connectivity index (χ2n) is 7.74. The lowest BCUT2D eigenvalue weighted by atomic mass is 10.1. The van der Waals surface area contributed by atoms with Crippen molar-refractivity contribution in [2.45, 2.75) is 18.9 Å². The van der Waals surface area contributed by atoms with Gasteiger partial charge in [-0.2, -0.15) is 0 Å². The maximum absolute atomic E-state index is 13.3. The summed E-state index contributed by atoms with van der Waals surface area (Å²) in [5, 5.41) is 13.0. The van der Waals surface area contributed by atoms with Gasteiger partial charge in [0.15, 0.2) is 0 Å². The maximum atomic E-state index is 13.3. The number of phenols is 1. The Morgan fingerprint density at radius 1 is 0.968 bits per heavy atom. The van der Waals surface area contributed by atoms with Crippen molar-refractivity contribution in [3.05, 3.63) is 107 Å². The van der Waals surface area contributed by atoms with Crippen molar-refractivity contribution in [3.8, 4) is 5.75 Å². The molecule has 0 saturated carbocycles. The molecule has 1 aromatic heterocycles. The van der Waals surface area contributed by atoms with E-state index in [0.717, 1.165) is 33.9 Å². The third-order valence-electron chi connectivity index (χ3n) is 5.60. The van der Waals surface area contributed by atoms with Crippen molar-refractivity contribution in [3.63, 3.8) is 0 Å². The topological polar surface area (TPSA) is 77.8 Å². The number of pyridine rings is 1. The number of carbonyl (C=O) groups is 1. The maximum Gasteiger partial charge on any atom is 0.251 e. The van der Waals surface area contributed by atoms with Gasteiger partial charge in [-0.3, -0.25) is 19.7 Å². The first-order valence-corrected chi connectivity index (χ1v) is 10.3. The van der Waals surface area contributed by atoms with Crippen molar-refractivity contribution in [1.82, 2.24) is 15.2 Å². The number of aliphatic imine (C=N–C) groups is 1. The number of carbonyl (C=O) groups excluding carboxylic acids is 1. The van der Waals surface area contributed by atoms with Crippen LogP contribution >= 0.6 is 0 Å². The average molecular weight is 410 g/mol. The number of nitrogens with one attached hydrogen (secondary N) is 1. The second-order valence-corrected chi connectivity index (χ2v) is 7.74. The number of allylic oxidation sites excluding steroid dienone is 1. The lowest BCUT2D eigenvalue weighted by Gasteiger charge is -2.25. The van der Waals surface area contributed by atoms with E-state index in [0.29, 0.717) is 19.4 Å². The van der Waals surface area contributed by atoms with Crippen LogP contribution in [0.3, 0.4) is 0 Å². The second kappa shape index (κ2) is 8.07. The standard InChI is InChI=1S/C25H22N4O2/c30-20-8-6-18(7-9-20)15-22-25(31)29-16-23(19-10-12-26-13-11-19)27-21(24(29)28-22)14-17-4-2-1-3-5-17/h1-13,22,28,30H,14-16H2. The quantitative estimate of drug-likeness (QED) is 0.678. The van der Waals surface area contributed by atoms with Gasteiger partial charge in [-0.05, 0) is 35.4 Å². The molecule has 5 rings (SSSR count). The van der Waals surface area contributed by atoms with Gasteiger partial charge in [0.25, 0.3) is 5.91 Å². The molecule has 1 amide bonds. The zero-order chi connectivity index (χ0) is 21.2. The molecule has 0 bridgehead atoms. The molecule has 0 radical (unpaired) electrons. The van der Waals surface area contributed by atoms with Crippen LogP contribution in [0.4, 0.5) is 0 Å². The van der Waals surface area contributed by atoms with Crippen molar-refractivity contribution in [1.29, 1.82) is 0 Å². The number of hydrogen-bond donors (Lipinski definition) is 2. The van der Waals surface area contributed by atoms with Gasteiger partial charge in [0, 0.05) is 30.8 Å². The summed E-state index contributed by atoms with van der Waals surface area (Å²) < 4.78 is 0. The summed E-state index contributed by atoms with van der Waals surface area (Å²) in [6.45, 7) is 0.426. The Morgan fingerprint density at radius 2 is 1.71 bits per heavy atom. The molecule has 3 heterocycles. The number of nitrogens with zero attached hydrogens (tertiary/aromatic N) is 3. The molecule has 2 aromatic carbocycles. The van der Waals surface area contributed by atoms with Crippen LogP contribution in [0.1, 0.15) is 16.7 Å². The summed E-state index contributed by atoms with van der Waals surface area (Å²) in [6, 6.07) is 20.6. The first-order valence-electron chi connectivity index (χ1n) is 10.3. The fourth-order valence-corrected chi connectivity index (χ4v) is 4.02. The number of fused-ring (bicyclic) bond motifs is 1.